The Bertz CT molecular complexity index is 430. The van der Waals surface area contributed by atoms with Gasteiger partial charge in [0.2, 0.25) is 0 Å². The van der Waals surface area contributed by atoms with Gasteiger partial charge in [-0.1, -0.05) is 80.1 Å². The third-order valence-electron chi connectivity index (χ3n) is 6.12. The molecule has 26 heavy (non-hydrogen) atoms. The summed E-state index contributed by atoms with van der Waals surface area (Å²) >= 11 is 3.51. The highest BCUT2D eigenvalue weighted by atomic mass is 79.9. The van der Waals surface area contributed by atoms with Crippen molar-refractivity contribution in [2.24, 2.45) is 17.3 Å². The minimum Gasteiger partial charge on any atom is -0.483 e. The van der Waals surface area contributed by atoms with Crippen molar-refractivity contribution in [3.63, 3.8) is 0 Å². The van der Waals surface area contributed by atoms with E-state index in [1.165, 1.54) is 76.2 Å². The molecule has 0 radical (unpaired) electrons. The molecule has 2 aliphatic carbocycles. The van der Waals surface area contributed by atoms with Crippen LogP contribution in [0.25, 0.3) is 0 Å². The third-order valence-corrected chi connectivity index (χ3v) is 6.71. The molecule has 0 heterocycles. The van der Waals surface area contributed by atoms with E-state index >= 15 is 0 Å². The van der Waals surface area contributed by atoms with Gasteiger partial charge < -0.3 is 5.11 Å². The monoisotopic (exact) mass is 428 g/mol. The number of carboxylic acid groups (broad SMARTS) is 1. The fraction of sp³-hybridized carbons (Fsp3) is 0.783. The van der Waals surface area contributed by atoms with Gasteiger partial charge in [-0.3, -0.25) is 4.79 Å². The molecule has 0 aliphatic heterocycles. The minimum atomic E-state index is -0.250. The largest absolute Gasteiger partial charge is 0.483 e. The normalized spacial score (nSPS) is 26.7. The third kappa shape index (κ3) is 8.88. The standard InChI is InChI=1S/C11H17Br.C11H22.CH2O2/c1-11-6-2-4-9(8-12)10(11)5-3-7-11;1-5-7-9-11(8-6-2)10(3)4;2-1-3/h8,10H,2-7H2,1H3;11H,3,5-9H2,1-2,4H3;1H,(H,2,3)/b9-8+;;. The van der Waals surface area contributed by atoms with Gasteiger partial charge in [0.05, 0.1) is 0 Å². The van der Waals surface area contributed by atoms with Crippen molar-refractivity contribution in [3.05, 3.63) is 22.7 Å². The number of fused-ring (bicyclic) bond motifs is 1. The second kappa shape index (κ2) is 14.5. The smallest absolute Gasteiger partial charge is 0.290 e. The summed E-state index contributed by atoms with van der Waals surface area (Å²) in [6, 6.07) is 0. The number of hydrogen-bond acceptors (Lipinski definition) is 1. The van der Waals surface area contributed by atoms with Crippen LogP contribution in [0.5, 0.6) is 0 Å². The van der Waals surface area contributed by atoms with Crippen molar-refractivity contribution in [3.8, 4) is 0 Å². The van der Waals surface area contributed by atoms with Crippen molar-refractivity contribution in [2.75, 3.05) is 0 Å². The van der Waals surface area contributed by atoms with Gasteiger partial charge in [0, 0.05) is 0 Å². The van der Waals surface area contributed by atoms with E-state index in [-0.39, 0.29) is 6.47 Å². The summed E-state index contributed by atoms with van der Waals surface area (Å²) in [5.41, 5.74) is 3.72. The molecule has 1 N–H and O–H groups in total. The highest BCUT2D eigenvalue weighted by Crippen LogP contribution is 2.54. The maximum absolute atomic E-state index is 8.36. The lowest BCUT2D eigenvalue weighted by atomic mass is 9.68. The van der Waals surface area contributed by atoms with Crippen LogP contribution in [0, 0.1) is 17.3 Å². The summed E-state index contributed by atoms with van der Waals surface area (Å²) < 4.78 is 0. The molecule has 152 valence electrons. The van der Waals surface area contributed by atoms with Crippen molar-refractivity contribution < 1.29 is 9.90 Å². The Hall–Kier alpha value is -0.570. The van der Waals surface area contributed by atoms with Crippen molar-refractivity contribution in [1.82, 2.24) is 0 Å². The van der Waals surface area contributed by atoms with Gasteiger partial charge in [0.25, 0.3) is 6.47 Å². The first kappa shape index (κ1) is 25.4. The molecule has 2 saturated carbocycles. The van der Waals surface area contributed by atoms with Gasteiger partial charge in [-0.15, -0.1) is 0 Å². The molecule has 2 rings (SSSR count). The Morgan fingerprint density at radius 2 is 1.92 bits per heavy atom. The van der Waals surface area contributed by atoms with Crippen LogP contribution in [-0.2, 0) is 4.79 Å². The van der Waals surface area contributed by atoms with Crippen LogP contribution in [0.15, 0.2) is 22.7 Å². The molecule has 3 heteroatoms. The zero-order valence-corrected chi connectivity index (χ0v) is 19.1. The van der Waals surface area contributed by atoms with E-state index in [4.69, 9.17) is 9.90 Å². The molecule has 2 nitrogen and oxygen atoms in total. The summed E-state index contributed by atoms with van der Waals surface area (Å²) in [6.07, 6.45) is 15.2. The van der Waals surface area contributed by atoms with Crippen LogP contribution in [-0.4, -0.2) is 11.6 Å². The molecule has 0 bridgehead atoms. The van der Waals surface area contributed by atoms with Crippen LogP contribution in [0.1, 0.15) is 98.3 Å². The lowest BCUT2D eigenvalue weighted by molar-refractivity contribution is -0.122. The molecule has 3 atom stereocenters. The SMILES string of the molecule is C=C(C)C(CCC)CCCC.CC12CCC/C(=C\Br)C1CCC2.O=CO. The number of hydrogen-bond donors (Lipinski definition) is 1. The van der Waals surface area contributed by atoms with Crippen LogP contribution in [0.4, 0.5) is 0 Å². The molecule has 0 saturated heterocycles. The zero-order valence-electron chi connectivity index (χ0n) is 17.5. The minimum absolute atomic E-state index is 0.250. The highest BCUT2D eigenvalue weighted by Gasteiger charge is 2.42. The number of carbonyl (C=O) groups is 1. The summed E-state index contributed by atoms with van der Waals surface area (Å²) in [5, 5.41) is 6.89. The first-order chi connectivity index (χ1) is 12.4. The number of rotatable bonds is 6. The molecule has 0 spiro atoms. The van der Waals surface area contributed by atoms with Crippen molar-refractivity contribution >= 4 is 22.4 Å². The maximum atomic E-state index is 8.36. The van der Waals surface area contributed by atoms with Crippen molar-refractivity contribution in [2.45, 2.75) is 98.3 Å². The molecule has 2 aliphatic rings. The van der Waals surface area contributed by atoms with Crippen molar-refractivity contribution in [1.29, 1.82) is 0 Å². The molecule has 0 aromatic carbocycles. The quantitative estimate of drug-likeness (QED) is 0.342. The van der Waals surface area contributed by atoms with Crippen LogP contribution in [0.2, 0.25) is 0 Å². The Morgan fingerprint density at radius 3 is 2.42 bits per heavy atom. The summed E-state index contributed by atoms with van der Waals surface area (Å²) in [4.78, 5) is 10.6. The van der Waals surface area contributed by atoms with Gasteiger partial charge in [-0.25, -0.2) is 0 Å². The van der Waals surface area contributed by atoms with Crippen LogP contribution < -0.4 is 0 Å². The predicted octanol–water partition coefficient (Wildman–Crippen LogP) is 8.13. The molecule has 0 aromatic rings. The maximum Gasteiger partial charge on any atom is 0.290 e. The lowest BCUT2D eigenvalue weighted by Gasteiger charge is -2.38. The Labute approximate surface area is 170 Å². The Kier molecular flexibility index (Phi) is 14.2. The molecular formula is C23H41BrO2. The van der Waals surface area contributed by atoms with E-state index < -0.39 is 0 Å². The topological polar surface area (TPSA) is 37.3 Å². The highest BCUT2D eigenvalue weighted by molar-refractivity contribution is 9.11. The van der Waals surface area contributed by atoms with E-state index in [9.17, 15) is 0 Å². The van der Waals surface area contributed by atoms with Gasteiger partial charge in [-0.05, 0) is 74.1 Å². The molecule has 3 unspecified atom stereocenters. The van der Waals surface area contributed by atoms with Gasteiger partial charge >= 0.3 is 0 Å². The van der Waals surface area contributed by atoms with E-state index in [1.807, 2.05) is 0 Å². The van der Waals surface area contributed by atoms with Gasteiger partial charge in [0.1, 0.15) is 0 Å². The van der Waals surface area contributed by atoms with Gasteiger partial charge in [0.15, 0.2) is 0 Å². The molecule has 0 aromatic heterocycles. The molecular weight excluding hydrogens is 388 g/mol. The summed E-state index contributed by atoms with van der Waals surface area (Å²) in [6.45, 7) is 12.9. The first-order valence-corrected chi connectivity index (χ1v) is 11.3. The van der Waals surface area contributed by atoms with Crippen LogP contribution in [0.3, 0.4) is 0 Å². The van der Waals surface area contributed by atoms with Gasteiger partial charge in [-0.2, -0.15) is 0 Å². The van der Waals surface area contributed by atoms with E-state index in [2.05, 4.69) is 55.2 Å². The Morgan fingerprint density at radius 1 is 1.31 bits per heavy atom. The second-order valence-corrected chi connectivity index (χ2v) is 8.67. The van der Waals surface area contributed by atoms with E-state index in [0.717, 1.165) is 11.8 Å². The lowest BCUT2D eigenvalue weighted by Crippen LogP contribution is -2.27. The van der Waals surface area contributed by atoms with Crippen LogP contribution >= 0.6 is 15.9 Å². The van der Waals surface area contributed by atoms with E-state index in [1.54, 1.807) is 5.57 Å². The second-order valence-electron chi connectivity index (χ2n) is 8.22. The first-order valence-electron chi connectivity index (χ1n) is 10.4. The number of unbranched alkanes of at least 4 members (excludes halogenated alkanes) is 1. The number of allylic oxidation sites excluding steroid dienone is 2. The zero-order chi connectivity index (χ0) is 20.0. The number of halogens is 1. The Balaban J connectivity index is 0.000000421. The predicted molar refractivity (Wildman–Crippen MR) is 118 cm³/mol. The summed E-state index contributed by atoms with van der Waals surface area (Å²) in [7, 11) is 0. The molecule has 2 fully saturated rings. The fourth-order valence-electron chi connectivity index (χ4n) is 4.60. The summed E-state index contributed by atoms with van der Waals surface area (Å²) in [5.74, 6) is 1.70. The average molecular weight is 429 g/mol. The molecule has 0 amide bonds. The van der Waals surface area contributed by atoms with E-state index in [0.29, 0.717) is 5.41 Å². The average Bonchev–Trinajstić information content (AvgIpc) is 3.01. The fourth-order valence-corrected chi connectivity index (χ4v) is 5.15.